The van der Waals surface area contributed by atoms with E-state index in [1.807, 2.05) is 77.1 Å². The van der Waals surface area contributed by atoms with Crippen LogP contribution in [0.5, 0.6) is 0 Å². The van der Waals surface area contributed by atoms with Gasteiger partial charge in [-0.1, -0.05) is 54.4 Å². The van der Waals surface area contributed by atoms with E-state index in [2.05, 4.69) is 25.6 Å². The van der Waals surface area contributed by atoms with E-state index in [1.165, 1.54) is 4.68 Å². The Morgan fingerprint density at radius 3 is 2.53 bits per heavy atom. The van der Waals surface area contributed by atoms with Crippen molar-refractivity contribution < 1.29 is 0 Å². The Morgan fingerprint density at radius 1 is 1.09 bits per heavy atom. The van der Waals surface area contributed by atoms with Crippen LogP contribution in [0.2, 0.25) is 5.02 Å². The van der Waals surface area contributed by atoms with Crippen LogP contribution in [-0.4, -0.2) is 20.4 Å². The minimum absolute atomic E-state index is 0.193. The van der Waals surface area contributed by atoms with Crippen molar-refractivity contribution in [1.29, 1.82) is 0 Å². The number of aryl methyl sites for hydroxylation is 1. The summed E-state index contributed by atoms with van der Waals surface area (Å²) < 4.78 is 4.37. The van der Waals surface area contributed by atoms with E-state index in [9.17, 15) is 4.79 Å². The van der Waals surface area contributed by atoms with Gasteiger partial charge in [0.1, 0.15) is 5.82 Å². The predicted molar refractivity (Wildman–Crippen MR) is 136 cm³/mol. The number of nitrogens with zero attached hydrogens (tertiary/aromatic N) is 4. The van der Waals surface area contributed by atoms with Crippen LogP contribution < -0.4 is 5.56 Å². The van der Waals surface area contributed by atoms with E-state index in [0.29, 0.717) is 21.7 Å². The molecular weight excluding hydrogens is 488 g/mol. The van der Waals surface area contributed by atoms with Crippen LogP contribution in [0.1, 0.15) is 43.5 Å². The van der Waals surface area contributed by atoms with Gasteiger partial charge in [0.05, 0.1) is 17.1 Å². The number of hydrogen-bond donors (Lipinski definition) is 0. The monoisotopic (exact) mass is 510 g/mol. The van der Waals surface area contributed by atoms with Gasteiger partial charge in [-0.25, -0.2) is 4.98 Å². The summed E-state index contributed by atoms with van der Waals surface area (Å²) in [6, 6.07) is 15.3. The molecule has 164 valence electrons. The first-order chi connectivity index (χ1) is 15.1. The fourth-order valence-electron chi connectivity index (χ4n) is 3.79. The molecule has 0 unspecified atom stereocenters. The molecule has 0 saturated carbocycles. The standard InChI is InChI=1S/C25H24BrClN4O/c1-15-11-17(16(2)30(15)20-8-6-7-19(27)13-20)14-28-31-23(32)21-12-18(26)9-10-22(21)29-24(31)25(3,4)5/h6-14H,1-5H3. The molecule has 0 aliphatic rings. The molecule has 2 aromatic carbocycles. The fourth-order valence-corrected chi connectivity index (χ4v) is 4.34. The molecule has 2 aromatic heterocycles. The van der Waals surface area contributed by atoms with Crippen LogP contribution in [0.4, 0.5) is 0 Å². The molecule has 0 bridgehead atoms. The Hall–Kier alpha value is -2.70. The van der Waals surface area contributed by atoms with Crippen molar-refractivity contribution in [3.8, 4) is 5.69 Å². The smallest absolute Gasteiger partial charge is 0.282 e. The summed E-state index contributed by atoms with van der Waals surface area (Å²) in [4.78, 5) is 18.1. The van der Waals surface area contributed by atoms with Crippen LogP contribution in [0.25, 0.3) is 16.6 Å². The second kappa shape index (κ2) is 8.34. The molecule has 32 heavy (non-hydrogen) atoms. The number of hydrogen-bond acceptors (Lipinski definition) is 3. The van der Waals surface area contributed by atoms with E-state index in [0.717, 1.165) is 27.1 Å². The van der Waals surface area contributed by atoms with Crippen molar-refractivity contribution in [2.24, 2.45) is 5.10 Å². The molecular formula is C25H24BrClN4O. The Kier molecular flexibility index (Phi) is 5.86. The third-order valence-corrected chi connectivity index (χ3v) is 6.06. The maximum Gasteiger partial charge on any atom is 0.282 e. The van der Waals surface area contributed by atoms with Crippen molar-refractivity contribution >= 4 is 44.6 Å². The maximum absolute atomic E-state index is 13.4. The van der Waals surface area contributed by atoms with Crippen molar-refractivity contribution in [3.63, 3.8) is 0 Å². The van der Waals surface area contributed by atoms with Crippen LogP contribution >= 0.6 is 27.5 Å². The Bertz CT molecular complexity index is 1430. The molecule has 4 rings (SSSR count). The third-order valence-electron chi connectivity index (χ3n) is 5.33. The summed E-state index contributed by atoms with van der Waals surface area (Å²) in [5.74, 6) is 0.609. The molecule has 0 radical (unpaired) electrons. The lowest BCUT2D eigenvalue weighted by molar-refractivity contribution is 0.506. The maximum atomic E-state index is 13.4. The first-order valence-corrected chi connectivity index (χ1v) is 11.5. The van der Waals surface area contributed by atoms with Crippen molar-refractivity contribution in [1.82, 2.24) is 14.2 Å². The van der Waals surface area contributed by atoms with Gasteiger partial charge in [-0.2, -0.15) is 9.78 Å². The van der Waals surface area contributed by atoms with Gasteiger partial charge in [0.15, 0.2) is 0 Å². The third kappa shape index (κ3) is 4.17. The highest BCUT2D eigenvalue weighted by Crippen LogP contribution is 2.24. The predicted octanol–water partition coefficient (Wildman–Crippen LogP) is 6.40. The molecule has 0 spiro atoms. The molecule has 0 atom stereocenters. The van der Waals surface area contributed by atoms with Gasteiger partial charge in [0, 0.05) is 37.5 Å². The number of aromatic nitrogens is 3. The minimum atomic E-state index is -0.366. The first-order valence-electron chi connectivity index (χ1n) is 10.3. The number of benzene rings is 2. The molecule has 2 heterocycles. The van der Waals surface area contributed by atoms with E-state index in [4.69, 9.17) is 16.6 Å². The van der Waals surface area contributed by atoms with Gasteiger partial charge in [-0.05, 0) is 56.3 Å². The summed E-state index contributed by atoms with van der Waals surface area (Å²) in [6.07, 6.45) is 1.73. The van der Waals surface area contributed by atoms with Gasteiger partial charge >= 0.3 is 0 Å². The molecule has 0 amide bonds. The first kappa shape index (κ1) is 22.5. The lowest BCUT2D eigenvalue weighted by Gasteiger charge is -2.20. The molecule has 0 aliphatic carbocycles. The van der Waals surface area contributed by atoms with E-state index in [1.54, 1.807) is 12.3 Å². The second-order valence-electron chi connectivity index (χ2n) is 8.85. The van der Waals surface area contributed by atoms with Crippen LogP contribution in [0, 0.1) is 13.8 Å². The van der Waals surface area contributed by atoms with Crippen molar-refractivity contribution in [3.05, 3.63) is 91.2 Å². The Balaban J connectivity index is 1.87. The van der Waals surface area contributed by atoms with Gasteiger partial charge in [0.25, 0.3) is 5.56 Å². The fraction of sp³-hybridized carbons (Fsp3) is 0.240. The molecule has 4 aromatic rings. The lowest BCUT2D eigenvalue weighted by atomic mass is 9.95. The minimum Gasteiger partial charge on any atom is -0.318 e. The summed E-state index contributed by atoms with van der Waals surface area (Å²) >= 11 is 9.64. The van der Waals surface area contributed by atoms with Crippen LogP contribution in [-0.2, 0) is 5.41 Å². The zero-order chi connectivity index (χ0) is 23.2. The van der Waals surface area contributed by atoms with Gasteiger partial charge < -0.3 is 4.57 Å². The van der Waals surface area contributed by atoms with E-state index >= 15 is 0 Å². The van der Waals surface area contributed by atoms with E-state index < -0.39 is 0 Å². The summed E-state index contributed by atoms with van der Waals surface area (Å²) in [7, 11) is 0. The summed E-state index contributed by atoms with van der Waals surface area (Å²) in [5, 5.41) is 5.81. The summed E-state index contributed by atoms with van der Waals surface area (Å²) in [6.45, 7) is 10.1. The zero-order valence-corrected chi connectivity index (χ0v) is 21.0. The van der Waals surface area contributed by atoms with Gasteiger partial charge in [-0.3, -0.25) is 4.79 Å². The topological polar surface area (TPSA) is 52.2 Å². The molecule has 5 nitrogen and oxygen atoms in total. The quantitative estimate of drug-likeness (QED) is 0.299. The summed E-state index contributed by atoms with van der Waals surface area (Å²) in [5.41, 5.74) is 4.07. The largest absolute Gasteiger partial charge is 0.318 e. The van der Waals surface area contributed by atoms with E-state index in [-0.39, 0.29) is 11.0 Å². The highest BCUT2D eigenvalue weighted by molar-refractivity contribution is 9.10. The average Bonchev–Trinajstić information content (AvgIpc) is 3.00. The zero-order valence-electron chi connectivity index (χ0n) is 18.6. The highest BCUT2D eigenvalue weighted by Gasteiger charge is 2.23. The Labute approximate surface area is 200 Å². The lowest BCUT2D eigenvalue weighted by Crippen LogP contribution is -2.29. The van der Waals surface area contributed by atoms with Crippen LogP contribution in [0.15, 0.2) is 62.9 Å². The van der Waals surface area contributed by atoms with Gasteiger partial charge in [0.2, 0.25) is 0 Å². The van der Waals surface area contributed by atoms with Crippen LogP contribution in [0.3, 0.4) is 0 Å². The molecule has 0 aliphatic heterocycles. The van der Waals surface area contributed by atoms with Gasteiger partial charge in [-0.15, -0.1) is 0 Å². The molecule has 0 fully saturated rings. The number of halogens is 2. The van der Waals surface area contributed by atoms with Crippen molar-refractivity contribution in [2.75, 3.05) is 0 Å². The normalized spacial score (nSPS) is 12.2. The molecule has 0 N–H and O–H groups in total. The molecule has 0 saturated heterocycles. The highest BCUT2D eigenvalue weighted by atomic mass is 79.9. The average molecular weight is 512 g/mol. The Morgan fingerprint density at radius 2 is 1.84 bits per heavy atom. The second-order valence-corrected chi connectivity index (χ2v) is 10.2. The molecule has 7 heteroatoms. The number of rotatable bonds is 3. The SMILES string of the molecule is Cc1cc(C=Nn2c(C(C)(C)C)nc3ccc(Br)cc3c2=O)c(C)n1-c1cccc(Cl)c1. The number of fused-ring (bicyclic) bond motifs is 1. The van der Waals surface area contributed by atoms with Crippen molar-refractivity contribution in [2.45, 2.75) is 40.0 Å².